The van der Waals surface area contributed by atoms with Crippen LogP contribution in [0.4, 0.5) is 0 Å². The van der Waals surface area contributed by atoms with E-state index in [1.807, 2.05) is 22.2 Å². The van der Waals surface area contributed by atoms with Crippen LogP contribution in [0.5, 0.6) is 0 Å². The maximum absolute atomic E-state index is 5.88. The van der Waals surface area contributed by atoms with Crippen LogP contribution in [0, 0.1) is 5.92 Å². The number of thiazole rings is 1. The number of aromatic nitrogens is 2. The summed E-state index contributed by atoms with van der Waals surface area (Å²) in [6.45, 7) is 9.86. The Hall–Kier alpha value is -1.64. The van der Waals surface area contributed by atoms with Crippen LogP contribution < -0.4 is 10.6 Å². The summed E-state index contributed by atoms with van der Waals surface area (Å²) in [6.07, 6.45) is 4.26. The molecule has 1 saturated heterocycles. The molecule has 3 heterocycles. The average Bonchev–Trinajstić information content (AvgIpc) is 3.16. The van der Waals surface area contributed by atoms with Gasteiger partial charge in [-0.25, -0.2) is 4.98 Å². The largest absolute Gasteiger partial charge is 0.374 e. The fourth-order valence-electron chi connectivity index (χ4n) is 3.05. The lowest BCUT2D eigenvalue weighted by atomic mass is 10.2. The maximum Gasteiger partial charge on any atom is 0.193 e. The Kier molecular flexibility index (Phi) is 6.28. The Morgan fingerprint density at radius 1 is 1.48 bits per heavy atom. The second-order valence-corrected chi connectivity index (χ2v) is 7.65. The van der Waals surface area contributed by atoms with Crippen LogP contribution in [0.15, 0.2) is 22.8 Å². The molecule has 0 saturated carbocycles. The molecule has 1 unspecified atom stereocenters. The number of aliphatic imine (C=N–C) groups is 1. The molecule has 8 heteroatoms. The van der Waals surface area contributed by atoms with Crippen molar-refractivity contribution in [3.05, 3.63) is 23.5 Å². The van der Waals surface area contributed by atoms with Gasteiger partial charge in [0.15, 0.2) is 10.9 Å². The van der Waals surface area contributed by atoms with Crippen LogP contribution >= 0.6 is 11.3 Å². The SMILES string of the molecule is CN=C(NCc1cn2ccsc2n1)NCC1CN(CC(C)C)CCO1. The van der Waals surface area contributed by atoms with Crippen molar-refractivity contribution in [2.75, 3.05) is 39.8 Å². The first kappa shape index (κ1) is 18.2. The molecule has 1 fully saturated rings. The van der Waals surface area contributed by atoms with Gasteiger partial charge in [-0.3, -0.25) is 14.3 Å². The zero-order valence-corrected chi connectivity index (χ0v) is 16.1. The Morgan fingerprint density at radius 2 is 2.36 bits per heavy atom. The van der Waals surface area contributed by atoms with Gasteiger partial charge >= 0.3 is 0 Å². The summed E-state index contributed by atoms with van der Waals surface area (Å²) >= 11 is 1.64. The molecule has 2 aromatic rings. The minimum absolute atomic E-state index is 0.198. The van der Waals surface area contributed by atoms with Crippen molar-refractivity contribution in [1.29, 1.82) is 0 Å². The molecule has 0 aromatic carbocycles. The zero-order valence-electron chi connectivity index (χ0n) is 15.2. The van der Waals surface area contributed by atoms with Crippen molar-refractivity contribution in [2.24, 2.45) is 10.9 Å². The lowest BCUT2D eigenvalue weighted by Gasteiger charge is -2.34. The summed E-state index contributed by atoms with van der Waals surface area (Å²) in [4.78, 5) is 12.4. The fourth-order valence-corrected chi connectivity index (χ4v) is 3.77. The second-order valence-electron chi connectivity index (χ2n) is 6.78. The number of nitrogens with one attached hydrogen (secondary N) is 2. The van der Waals surface area contributed by atoms with Gasteiger partial charge in [-0.05, 0) is 5.92 Å². The molecular weight excluding hydrogens is 336 g/mol. The van der Waals surface area contributed by atoms with Crippen molar-refractivity contribution >= 4 is 22.3 Å². The Bertz CT molecular complexity index is 666. The summed E-state index contributed by atoms with van der Waals surface area (Å²) in [7, 11) is 1.79. The molecule has 3 rings (SSSR count). The quantitative estimate of drug-likeness (QED) is 0.599. The highest BCUT2D eigenvalue weighted by molar-refractivity contribution is 7.15. The van der Waals surface area contributed by atoms with Gasteiger partial charge in [0.2, 0.25) is 0 Å². The van der Waals surface area contributed by atoms with E-state index in [-0.39, 0.29) is 6.10 Å². The van der Waals surface area contributed by atoms with E-state index < -0.39 is 0 Å². The van der Waals surface area contributed by atoms with E-state index in [0.717, 1.165) is 49.4 Å². The molecule has 1 atom stereocenters. The molecule has 0 aliphatic carbocycles. The van der Waals surface area contributed by atoms with Crippen molar-refractivity contribution in [2.45, 2.75) is 26.5 Å². The summed E-state index contributed by atoms with van der Waals surface area (Å²) in [6, 6.07) is 0. The van der Waals surface area contributed by atoms with Gasteiger partial charge in [0.25, 0.3) is 0 Å². The molecule has 1 aliphatic rings. The van der Waals surface area contributed by atoms with Gasteiger partial charge in [0.1, 0.15) is 0 Å². The van der Waals surface area contributed by atoms with Crippen molar-refractivity contribution in [3.8, 4) is 0 Å². The van der Waals surface area contributed by atoms with Crippen molar-refractivity contribution in [1.82, 2.24) is 24.9 Å². The predicted octanol–water partition coefficient (Wildman–Crippen LogP) is 1.42. The van der Waals surface area contributed by atoms with E-state index in [1.165, 1.54) is 0 Å². The van der Waals surface area contributed by atoms with Crippen molar-refractivity contribution < 1.29 is 4.74 Å². The summed E-state index contributed by atoms with van der Waals surface area (Å²) < 4.78 is 7.91. The van der Waals surface area contributed by atoms with Gasteiger partial charge in [-0.1, -0.05) is 13.8 Å². The highest BCUT2D eigenvalue weighted by Crippen LogP contribution is 2.11. The monoisotopic (exact) mass is 364 g/mol. The zero-order chi connectivity index (χ0) is 17.6. The molecule has 2 aromatic heterocycles. The number of imidazole rings is 1. The van der Waals surface area contributed by atoms with E-state index in [0.29, 0.717) is 12.5 Å². The van der Waals surface area contributed by atoms with Crippen LogP contribution in [0.2, 0.25) is 0 Å². The first-order valence-electron chi connectivity index (χ1n) is 8.83. The van der Waals surface area contributed by atoms with Gasteiger partial charge in [0, 0.05) is 51.0 Å². The minimum atomic E-state index is 0.198. The van der Waals surface area contributed by atoms with Crippen LogP contribution in [-0.2, 0) is 11.3 Å². The lowest BCUT2D eigenvalue weighted by molar-refractivity contribution is -0.0284. The molecule has 0 spiro atoms. The smallest absolute Gasteiger partial charge is 0.193 e. The number of morpholine rings is 1. The van der Waals surface area contributed by atoms with Crippen molar-refractivity contribution in [3.63, 3.8) is 0 Å². The van der Waals surface area contributed by atoms with Crippen LogP contribution in [-0.4, -0.2) is 66.2 Å². The maximum atomic E-state index is 5.88. The number of hydrogen-bond acceptors (Lipinski definition) is 5. The van der Waals surface area contributed by atoms with Gasteiger partial charge in [-0.2, -0.15) is 0 Å². The molecular formula is C17H28N6OS. The first-order valence-corrected chi connectivity index (χ1v) is 9.71. The third-order valence-electron chi connectivity index (χ3n) is 4.15. The molecule has 2 N–H and O–H groups in total. The lowest BCUT2D eigenvalue weighted by Crippen LogP contribution is -2.50. The average molecular weight is 365 g/mol. The Balaban J connectivity index is 1.43. The normalized spacial score (nSPS) is 19.7. The van der Waals surface area contributed by atoms with E-state index in [1.54, 1.807) is 18.4 Å². The van der Waals surface area contributed by atoms with E-state index in [4.69, 9.17) is 4.74 Å². The molecule has 0 radical (unpaired) electrons. The van der Waals surface area contributed by atoms with Gasteiger partial charge in [0.05, 0.1) is 24.9 Å². The molecule has 25 heavy (non-hydrogen) atoms. The third kappa shape index (κ3) is 5.17. The molecule has 7 nitrogen and oxygen atoms in total. The molecule has 138 valence electrons. The number of nitrogens with zero attached hydrogens (tertiary/aromatic N) is 4. The number of guanidine groups is 1. The second kappa shape index (κ2) is 8.64. The number of hydrogen-bond donors (Lipinski definition) is 2. The third-order valence-corrected chi connectivity index (χ3v) is 4.92. The standard InChI is InChI=1S/C17H28N6OS/c1-13(2)10-22-4-6-24-15(12-22)9-20-16(18-3)19-8-14-11-23-5-7-25-17(23)21-14/h5,7,11,13,15H,4,6,8-10,12H2,1-3H3,(H2,18,19,20). The summed E-state index contributed by atoms with van der Waals surface area (Å²) in [5.74, 6) is 1.46. The van der Waals surface area contributed by atoms with Gasteiger partial charge in [-0.15, -0.1) is 11.3 Å². The first-order chi connectivity index (χ1) is 12.1. The van der Waals surface area contributed by atoms with E-state index in [2.05, 4.69) is 39.4 Å². The highest BCUT2D eigenvalue weighted by Gasteiger charge is 2.21. The van der Waals surface area contributed by atoms with E-state index in [9.17, 15) is 0 Å². The van der Waals surface area contributed by atoms with Crippen LogP contribution in [0.25, 0.3) is 4.96 Å². The number of rotatable bonds is 6. The fraction of sp³-hybridized carbons (Fsp3) is 0.647. The minimum Gasteiger partial charge on any atom is -0.374 e. The van der Waals surface area contributed by atoms with Crippen LogP contribution in [0.3, 0.4) is 0 Å². The van der Waals surface area contributed by atoms with Crippen LogP contribution in [0.1, 0.15) is 19.5 Å². The molecule has 0 bridgehead atoms. The summed E-state index contributed by atoms with van der Waals surface area (Å²) in [5.41, 5.74) is 1.01. The molecule has 1 aliphatic heterocycles. The predicted molar refractivity (Wildman–Crippen MR) is 102 cm³/mol. The molecule has 0 amide bonds. The highest BCUT2D eigenvalue weighted by atomic mass is 32.1. The van der Waals surface area contributed by atoms with E-state index >= 15 is 0 Å². The topological polar surface area (TPSA) is 66.2 Å². The number of ether oxygens (including phenoxy) is 1. The van der Waals surface area contributed by atoms with Gasteiger partial charge < -0.3 is 15.4 Å². The Labute approximate surface area is 153 Å². The Morgan fingerprint density at radius 3 is 3.12 bits per heavy atom. The number of fused-ring (bicyclic) bond motifs is 1. The summed E-state index contributed by atoms with van der Waals surface area (Å²) in [5, 5.41) is 8.72.